The van der Waals surface area contributed by atoms with Gasteiger partial charge in [-0.2, -0.15) is 43.2 Å². The molecule has 0 aliphatic heterocycles. The van der Waals surface area contributed by atoms with E-state index >= 15 is 0 Å². The fourth-order valence-electron chi connectivity index (χ4n) is 18.5. The van der Waals surface area contributed by atoms with Crippen molar-refractivity contribution in [2.45, 2.75) is 248 Å². The number of aromatic hydroxyl groups is 3. The van der Waals surface area contributed by atoms with Gasteiger partial charge in [0.25, 0.3) is 0 Å². The summed E-state index contributed by atoms with van der Waals surface area (Å²) in [4.78, 5) is 0. The highest BCUT2D eigenvalue weighted by Gasteiger charge is 2.57. The van der Waals surface area contributed by atoms with Gasteiger partial charge >= 0.3 is 38.4 Å². The highest BCUT2D eigenvalue weighted by Crippen LogP contribution is 2.53. The van der Waals surface area contributed by atoms with Crippen LogP contribution in [0.2, 0.25) is 0 Å². The van der Waals surface area contributed by atoms with E-state index in [1.807, 2.05) is 40.0 Å². The summed E-state index contributed by atoms with van der Waals surface area (Å²) < 4.78 is 112. The Hall–Kier alpha value is -10.4. The molecule has 0 aromatic heterocycles. The van der Waals surface area contributed by atoms with Crippen molar-refractivity contribution in [2.75, 3.05) is 0 Å². The third-order valence-electron chi connectivity index (χ3n) is 26.1. The van der Waals surface area contributed by atoms with Gasteiger partial charge in [-0.15, -0.1) is 3.63 Å². The Morgan fingerprint density at radius 3 is 0.679 bits per heavy atom. The van der Waals surface area contributed by atoms with E-state index in [-0.39, 0.29) is 22.7 Å². The molecule has 5 N–H and O–H groups in total. The predicted octanol–water partition coefficient (Wildman–Crippen LogP) is 34.5. The first-order valence-electron chi connectivity index (χ1n) is 47.1. The van der Waals surface area contributed by atoms with E-state index in [1.165, 1.54) is 156 Å². The number of halogens is 8. The molecule has 0 fully saturated rings. The molecule has 0 amide bonds. The number of benzene rings is 15. The van der Waals surface area contributed by atoms with E-state index in [0.717, 1.165) is 63.5 Å². The summed E-state index contributed by atoms with van der Waals surface area (Å²) in [7, 11) is -15.3. The molecular formula is C116H125BBr2F6O10S2. The second-order valence-electron chi connectivity index (χ2n) is 39.8. The Morgan fingerprint density at radius 2 is 0.467 bits per heavy atom. The zero-order chi connectivity index (χ0) is 101. The second kappa shape index (κ2) is 42.0. The number of para-hydroxylation sites is 3. The summed E-state index contributed by atoms with van der Waals surface area (Å²) >= 11 is 8.08. The van der Waals surface area contributed by atoms with Crippen molar-refractivity contribution in [2.24, 2.45) is 0 Å². The molecule has 0 saturated heterocycles. The van der Waals surface area contributed by atoms with Crippen molar-refractivity contribution in [3.05, 3.63) is 294 Å². The predicted molar refractivity (Wildman–Crippen MR) is 567 cm³/mol. The van der Waals surface area contributed by atoms with E-state index in [4.69, 9.17) is 15.2 Å². The van der Waals surface area contributed by atoms with Gasteiger partial charge in [0.1, 0.15) is 17.2 Å². The third kappa shape index (κ3) is 22.1. The Kier molecular flexibility index (Phi) is 32.3. The van der Waals surface area contributed by atoms with Crippen LogP contribution in [0.4, 0.5) is 26.3 Å². The van der Waals surface area contributed by atoms with Crippen LogP contribution in [0.1, 0.15) is 304 Å². The van der Waals surface area contributed by atoms with Crippen molar-refractivity contribution in [1.29, 1.82) is 0 Å². The molecule has 15 rings (SSSR count). The lowest BCUT2D eigenvalue weighted by molar-refractivity contribution is -0.0586. The van der Waals surface area contributed by atoms with E-state index in [1.54, 1.807) is 24.3 Å². The lowest BCUT2D eigenvalue weighted by atomic mass is 9.80. The Balaban J connectivity index is 0.000000199. The molecule has 15 aromatic rings. The SMILES string of the molecule is CC(C)c1cc(C(C)C)c(-c2ccc3c(-c4ccccc4O)cc4c5cc(-c6c(C(C)C)cc(C(C)C)cc6C(C)C)ccc5c(-c5ccccc5O)cc4c3c2)c(C(C)C)c1.CC(C)c1cc(C(C)C)c(-c2ccc3c(Br)cc4c5cc(-c6c(C(C)C)cc(C(C)C)cc6C(C)C)ccc5c(Br)cc4c3c2)c(C(C)C)c1.O=S(=O)(OS(=O)(=O)C(F)(F)F)C(F)(F)F.OB(O)c1ccccc1O. The highest BCUT2D eigenvalue weighted by molar-refractivity contribution is 9.11. The van der Waals surface area contributed by atoms with Crippen LogP contribution < -0.4 is 5.46 Å². The summed E-state index contributed by atoms with van der Waals surface area (Å²) in [5.74, 6) is 5.28. The van der Waals surface area contributed by atoms with Crippen LogP contribution in [0.5, 0.6) is 17.2 Å². The molecule has 0 saturated carbocycles. The molecule has 0 bridgehead atoms. The monoisotopic (exact) mass is 2020 g/mol. The van der Waals surface area contributed by atoms with Crippen molar-refractivity contribution < 1.29 is 72.2 Å². The smallest absolute Gasteiger partial charge is 0.508 e. The van der Waals surface area contributed by atoms with Gasteiger partial charge in [0.15, 0.2) is 0 Å². The first kappa shape index (κ1) is 106. The number of hydrogen-bond donors (Lipinski definition) is 5. The lowest BCUT2D eigenvalue weighted by Gasteiger charge is -2.24. The van der Waals surface area contributed by atoms with Crippen LogP contribution in [0.3, 0.4) is 0 Å². The van der Waals surface area contributed by atoms with E-state index in [2.05, 4.69) is 344 Å². The van der Waals surface area contributed by atoms with E-state index in [0.29, 0.717) is 71.0 Å². The molecule has 0 heterocycles. The maximum absolute atomic E-state index is 11.5. The van der Waals surface area contributed by atoms with Gasteiger partial charge in [0.2, 0.25) is 0 Å². The Morgan fingerprint density at radius 1 is 0.255 bits per heavy atom. The van der Waals surface area contributed by atoms with Crippen LogP contribution >= 0.6 is 31.9 Å². The third-order valence-corrected chi connectivity index (χ3v) is 29.9. The fraction of sp³-hybridized carbons (Fsp3) is 0.328. The minimum Gasteiger partial charge on any atom is -0.508 e. The number of rotatable bonds is 21. The Labute approximate surface area is 821 Å². The molecule has 0 unspecified atom stereocenters. The molecule has 720 valence electrons. The zero-order valence-electron chi connectivity index (χ0n) is 82.4. The maximum Gasteiger partial charge on any atom is 0.524 e. The average molecular weight is 2030 g/mol. The van der Waals surface area contributed by atoms with Gasteiger partial charge in [0.05, 0.1) is 0 Å². The largest absolute Gasteiger partial charge is 0.524 e. The van der Waals surface area contributed by atoms with Crippen LogP contribution in [-0.4, -0.2) is 60.3 Å². The number of hydrogen-bond acceptors (Lipinski definition) is 10. The molecular weight excluding hydrogens is 1900 g/mol. The van der Waals surface area contributed by atoms with Gasteiger partial charge in [-0.05, 0) is 325 Å². The quantitative estimate of drug-likeness (QED) is 0.0201. The first-order chi connectivity index (χ1) is 64.1. The molecule has 137 heavy (non-hydrogen) atoms. The van der Waals surface area contributed by atoms with Gasteiger partial charge in [0, 0.05) is 25.5 Å². The lowest BCUT2D eigenvalue weighted by Crippen LogP contribution is -2.34. The summed E-state index contributed by atoms with van der Waals surface area (Å²) in [5, 5.41) is 63.4. The molecule has 21 heteroatoms. The number of phenolic OH excluding ortho intramolecular Hbond substituents is 3. The van der Waals surface area contributed by atoms with Gasteiger partial charge in [-0.1, -0.05) is 350 Å². The van der Waals surface area contributed by atoms with Crippen LogP contribution in [-0.2, 0) is 23.9 Å². The van der Waals surface area contributed by atoms with Crippen molar-refractivity contribution in [3.63, 3.8) is 0 Å². The standard InChI is InChI=1S/C60H64O2.C48H54Br2.C6H7BO3.C2F6O5S2/c1-33(2)41-27-47(35(5)6)59(48(28-41)36(7)8)39-21-23-43-51(25-39)55-31-54(46-18-14-16-20-58(46)62)44-24-22-40(26-52(44)56(55)32-53(43)45-17-13-15-19-57(45)61)60-49(37(9)10)29-42(34(3)4)30-50(60)38(11)12;1-25(2)33-19-37(27(5)6)47(38(20-33)28(7)8)31-13-15-35-41(17-31)43-23-46(50)36-16-14-32(18-42(36)44(43)24-45(35)49)48-39(29(9)10)21-34(26(3)4)22-40(48)30(11)12;8-6-4-2-1-3-5(6)7(9)10;3-1(4,5)14(9,10)13-15(11,12)2(6,7)8/h13-38,61-62H,1-12H3;13-30H,1-12H3;1-4,8-10H;. The van der Waals surface area contributed by atoms with Gasteiger partial charge in [-0.25, -0.2) is 0 Å². The molecule has 0 aliphatic rings. The molecule has 0 atom stereocenters. The van der Waals surface area contributed by atoms with Gasteiger partial charge < -0.3 is 25.4 Å². The normalized spacial score (nSPS) is 12.5. The topological polar surface area (TPSA) is 179 Å². The van der Waals surface area contributed by atoms with Crippen LogP contribution in [0.15, 0.2) is 227 Å². The van der Waals surface area contributed by atoms with Crippen molar-refractivity contribution >= 4 is 129 Å². The Bertz CT molecular complexity index is 6810. The molecule has 10 nitrogen and oxygen atoms in total. The minimum absolute atomic E-state index is 0.0995. The molecule has 15 aromatic carbocycles. The van der Waals surface area contributed by atoms with E-state index in [9.17, 15) is 53.4 Å². The second-order valence-corrected chi connectivity index (χ2v) is 44.8. The number of alkyl halides is 6. The summed E-state index contributed by atoms with van der Waals surface area (Å²) in [6, 6.07) is 78.7. The summed E-state index contributed by atoms with van der Waals surface area (Å²) in [6.07, 6.45) is 0. The molecule has 0 radical (unpaired) electrons. The maximum atomic E-state index is 11.5. The minimum atomic E-state index is -6.85. The first-order valence-corrected chi connectivity index (χ1v) is 51.5. The van der Waals surface area contributed by atoms with Crippen LogP contribution in [0, 0.1) is 0 Å². The zero-order valence-corrected chi connectivity index (χ0v) is 87.2. The summed E-state index contributed by atoms with van der Waals surface area (Å²) in [6.45, 7) is 55.6. The number of fused-ring (bicyclic) bond motifs is 10. The average Bonchev–Trinajstić information content (AvgIpc) is 0.730. The van der Waals surface area contributed by atoms with Gasteiger partial charge in [-0.3, -0.25) is 0 Å². The van der Waals surface area contributed by atoms with Crippen LogP contribution in [0.25, 0.3) is 131 Å². The highest BCUT2D eigenvalue weighted by atomic mass is 79.9. The fourth-order valence-corrected chi connectivity index (χ4v) is 21.2. The molecule has 0 aliphatic carbocycles. The van der Waals surface area contributed by atoms with E-state index < -0.39 is 38.4 Å². The number of phenols is 3. The van der Waals surface area contributed by atoms with Crippen molar-refractivity contribution in [3.8, 4) is 84.0 Å². The summed E-state index contributed by atoms with van der Waals surface area (Å²) in [5.41, 5.74) is 18.5. The van der Waals surface area contributed by atoms with Crippen molar-refractivity contribution in [1.82, 2.24) is 0 Å². The molecule has 0 spiro atoms.